The van der Waals surface area contributed by atoms with E-state index >= 15 is 0 Å². The standard InChI is InChI=1S/C21H15Cl2FN4O4/c22-17-8-5-14(9-18(17)23)27-21(31)20(30)25-10-15-6-7-16(32-15)11-26-28-19(29)12-1-3-13(24)4-2-12/h1-9,11H,10H2,(H,25,30)(H,27,31)(H,28,29)/b26-11-. The van der Waals surface area contributed by atoms with E-state index in [-0.39, 0.29) is 17.1 Å². The summed E-state index contributed by atoms with van der Waals surface area (Å²) in [4.78, 5) is 35.8. The van der Waals surface area contributed by atoms with Crippen LogP contribution in [0.4, 0.5) is 10.1 Å². The van der Waals surface area contributed by atoms with Crippen LogP contribution in [0.5, 0.6) is 0 Å². The summed E-state index contributed by atoms with van der Waals surface area (Å²) in [6.07, 6.45) is 1.25. The highest BCUT2D eigenvalue weighted by molar-refractivity contribution is 6.42. The van der Waals surface area contributed by atoms with Crippen molar-refractivity contribution in [3.05, 3.63) is 87.5 Å². The number of amides is 3. The van der Waals surface area contributed by atoms with Gasteiger partial charge < -0.3 is 15.1 Å². The number of hydrogen-bond acceptors (Lipinski definition) is 5. The maximum Gasteiger partial charge on any atom is 0.313 e. The van der Waals surface area contributed by atoms with Gasteiger partial charge in [0.15, 0.2) is 0 Å². The second-order valence-corrected chi connectivity index (χ2v) is 7.09. The van der Waals surface area contributed by atoms with E-state index in [0.29, 0.717) is 22.2 Å². The molecule has 0 saturated heterocycles. The van der Waals surface area contributed by atoms with Crippen LogP contribution in [-0.2, 0) is 16.1 Å². The van der Waals surface area contributed by atoms with Crippen LogP contribution >= 0.6 is 23.2 Å². The summed E-state index contributed by atoms with van der Waals surface area (Å²) in [6, 6.07) is 12.5. The third kappa shape index (κ3) is 6.40. The van der Waals surface area contributed by atoms with Crippen molar-refractivity contribution in [2.24, 2.45) is 5.10 Å². The summed E-state index contributed by atoms with van der Waals surface area (Å²) >= 11 is 11.7. The highest BCUT2D eigenvalue weighted by Gasteiger charge is 2.15. The lowest BCUT2D eigenvalue weighted by molar-refractivity contribution is -0.136. The minimum atomic E-state index is -0.889. The molecular weight excluding hydrogens is 462 g/mol. The molecule has 1 aromatic heterocycles. The lowest BCUT2D eigenvalue weighted by Crippen LogP contribution is -2.34. The van der Waals surface area contributed by atoms with E-state index < -0.39 is 23.5 Å². The van der Waals surface area contributed by atoms with Crippen molar-refractivity contribution >= 4 is 52.8 Å². The number of benzene rings is 2. The predicted octanol–water partition coefficient (Wildman–Crippen LogP) is 3.74. The Morgan fingerprint density at radius 3 is 2.44 bits per heavy atom. The minimum Gasteiger partial charge on any atom is -0.458 e. The lowest BCUT2D eigenvalue weighted by Gasteiger charge is -2.06. The van der Waals surface area contributed by atoms with Gasteiger partial charge in [-0.3, -0.25) is 14.4 Å². The van der Waals surface area contributed by atoms with Crippen LogP contribution in [0.2, 0.25) is 10.0 Å². The largest absolute Gasteiger partial charge is 0.458 e. The molecule has 2 aromatic carbocycles. The number of anilines is 1. The van der Waals surface area contributed by atoms with Crippen LogP contribution in [-0.4, -0.2) is 23.9 Å². The van der Waals surface area contributed by atoms with Crippen molar-refractivity contribution in [1.29, 1.82) is 0 Å². The first-order chi connectivity index (χ1) is 15.3. The highest BCUT2D eigenvalue weighted by atomic mass is 35.5. The number of carbonyl (C=O) groups excluding carboxylic acids is 3. The SMILES string of the molecule is O=C(NCc1ccc(/C=N\NC(=O)c2ccc(F)cc2)o1)C(=O)Nc1ccc(Cl)c(Cl)c1. The van der Waals surface area contributed by atoms with E-state index in [2.05, 4.69) is 21.2 Å². The molecule has 0 atom stereocenters. The molecule has 1 heterocycles. The van der Waals surface area contributed by atoms with E-state index in [0.717, 1.165) is 12.1 Å². The summed E-state index contributed by atoms with van der Waals surface area (Å²) in [5.74, 6) is -2.09. The Morgan fingerprint density at radius 1 is 0.969 bits per heavy atom. The second kappa shape index (κ2) is 10.6. The zero-order chi connectivity index (χ0) is 23.1. The summed E-state index contributed by atoms with van der Waals surface area (Å²) in [6.45, 7) is -0.0522. The van der Waals surface area contributed by atoms with Crippen LogP contribution in [0.1, 0.15) is 21.9 Å². The van der Waals surface area contributed by atoms with Gasteiger partial charge in [-0.25, -0.2) is 9.82 Å². The molecule has 0 fully saturated rings. The molecule has 0 aliphatic heterocycles. The molecule has 0 unspecified atom stereocenters. The molecule has 11 heteroatoms. The average Bonchev–Trinajstić information content (AvgIpc) is 3.22. The lowest BCUT2D eigenvalue weighted by atomic mass is 10.2. The van der Waals surface area contributed by atoms with Gasteiger partial charge in [-0.2, -0.15) is 5.10 Å². The molecule has 8 nitrogen and oxygen atoms in total. The Hall–Kier alpha value is -3.69. The molecule has 164 valence electrons. The Morgan fingerprint density at radius 2 is 1.72 bits per heavy atom. The number of nitrogens with zero attached hydrogens (tertiary/aromatic N) is 1. The van der Waals surface area contributed by atoms with E-state index in [9.17, 15) is 18.8 Å². The number of halogens is 3. The van der Waals surface area contributed by atoms with Gasteiger partial charge in [-0.15, -0.1) is 0 Å². The van der Waals surface area contributed by atoms with Gasteiger partial charge in [0.05, 0.1) is 22.8 Å². The molecule has 0 aliphatic carbocycles. The molecule has 3 aromatic rings. The summed E-state index contributed by atoms with van der Waals surface area (Å²) < 4.78 is 18.3. The normalized spacial score (nSPS) is 10.7. The van der Waals surface area contributed by atoms with Gasteiger partial charge >= 0.3 is 11.8 Å². The first kappa shape index (κ1) is 23.0. The molecular formula is C21H15Cl2FN4O4. The molecule has 0 spiro atoms. The van der Waals surface area contributed by atoms with Crippen LogP contribution in [0.25, 0.3) is 0 Å². The van der Waals surface area contributed by atoms with E-state index in [1.165, 1.54) is 36.5 Å². The zero-order valence-corrected chi connectivity index (χ0v) is 17.7. The predicted molar refractivity (Wildman–Crippen MR) is 117 cm³/mol. The smallest absolute Gasteiger partial charge is 0.313 e. The topological polar surface area (TPSA) is 113 Å². The van der Waals surface area contributed by atoms with Gasteiger partial charge in [0.25, 0.3) is 5.91 Å². The van der Waals surface area contributed by atoms with E-state index in [4.69, 9.17) is 27.6 Å². The van der Waals surface area contributed by atoms with E-state index in [1.54, 1.807) is 12.1 Å². The molecule has 32 heavy (non-hydrogen) atoms. The minimum absolute atomic E-state index is 0.0522. The second-order valence-electron chi connectivity index (χ2n) is 6.28. The fourth-order valence-electron chi connectivity index (χ4n) is 2.39. The van der Waals surface area contributed by atoms with Crippen LogP contribution in [0, 0.1) is 5.82 Å². The molecule has 3 amide bonds. The van der Waals surface area contributed by atoms with Crippen molar-refractivity contribution in [1.82, 2.24) is 10.7 Å². The van der Waals surface area contributed by atoms with Crippen molar-refractivity contribution in [2.45, 2.75) is 6.54 Å². The van der Waals surface area contributed by atoms with Crippen LogP contribution in [0.3, 0.4) is 0 Å². The van der Waals surface area contributed by atoms with Crippen LogP contribution < -0.4 is 16.1 Å². The maximum atomic E-state index is 12.9. The van der Waals surface area contributed by atoms with Crippen LogP contribution in [0.15, 0.2) is 64.1 Å². The maximum absolute atomic E-state index is 12.9. The first-order valence-electron chi connectivity index (χ1n) is 9.04. The zero-order valence-electron chi connectivity index (χ0n) is 16.2. The average molecular weight is 477 g/mol. The fourth-order valence-corrected chi connectivity index (χ4v) is 2.69. The number of hydrogen-bond donors (Lipinski definition) is 3. The van der Waals surface area contributed by atoms with Crippen molar-refractivity contribution < 1.29 is 23.2 Å². The number of carbonyl (C=O) groups is 3. The highest BCUT2D eigenvalue weighted by Crippen LogP contribution is 2.24. The van der Waals surface area contributed by atoms with Gasteiger partial charge in [-0.1, -0.05) is 23.2 Å². The van der Waals surface area contributed by atoms with Gasteiger partial charge in [0.2, 0.25) is 0 Å². The van der Waals surface area contributed by atoms with Gasteiger partial charge in [0, 0.05) is 11.3 Å². The summed E-state index contributed by atoms with van der Waals surface area (Å²) in [5.41, 5.74) is 2.84. The Kier molecular flexibility index (Phi) is 7.58. The summed E-state index contributed by atoms with van der Waals surface area (Å²) in [5, 5.41) is 9.12. The quantitative estimate of drug-likeness (QED) is 0.285. The third-order valence-electron chi connectivity index (χ3n) is 3.95. The van der Waals surface area contributed by atoms with Gasteiger partial charge in [-0.05, 0) is 54.6 Å². The van der Waals surface area contributed by atoms with E-state index in [1.807, 2.05) is 0 Å². The number of rotatable bonds is 6. The molecule has 3 N–H and O–H groups in total. The number of nitrogens with one attached hydrogen (secondary N) is 3. The number of furan rings is 1. The molecule has 0 radical (unpaired) electrons. The van der Waals surface area contributed by atoms with Gasteiger partial charge in [0.1, 0.15) is 17.3 Å². The van der Waals surface area contributed by atoms with Crippen molar-refractivity contribution in [3.8, 4) is 0 Å². The van der Waals surface area contributed by atoms with Crippen molar-refractivity contribution in [3.63, 3.8) is 0 Å². The Balaban J connectivity index is 1.46. The molecule has 0 bridgehead atoms. The Bertz CT molecular complexity index is 1180. The molecule has 0 aliphatic rings. The molecule has 0 saturated carbocycles. The first-order valence-corrected chi connectivity index (χ1v) is 9.79. The fraction of sp³-hybridized carbons (Fsp3) is 0.0476. The Labute approximate surface area is 191 Å². The van der Waals surface area contributed by atoms with Crippen molar-refractivity contribution in [2.75, 3.05) is 5.32 Å². The number of hydrazone groups is 1. The molecule has 3 rings (SSSR count). The monoisotopic (exact) mass is 476 g/mol. The summed E-state index contributed by atoms with van der Waals surface area (Å²) in [7, 11) is 0. The third-order valence-corrected chi connectivity index (χ3v) is 4.69.